The Morgan fingerprint density at radius 3 is 2.70 bits per heavy atom. The van der Waals surface area contributed by atoms with Crippen LogP contribution in [-0.4, -0.2) is 37.4 Å². The number of carboxylic acids is 1. The van der Waals surface area contributed by atoms with Crippen molar-refractivity contribution in [1.29, 1.82) is 0 Å². The molecule has 5 heteroatoms. The number of nitrogens with zero attached hydrogens (tertiary/aromatic N) is 3. The third-order valence-corrected chi connectivity index (χ3v) is 3.70. The number of likely N-dealkylation sites (N-methyl/N-ethyl adjacent to an activating group) is 1. The fourth-order valence-electron chi connectivity index (χ4n) is 2.27. The second-order valence-electron chi connectivity index (χ2n) is 5.58. The minimum absolute atomic E-state index is 0.524. The molecule has 2 heterocycles. The number of carbonyl (C=O) groups is 1. The topological polar surface area (TPSA) is 57.8 Å². The second kappa shape index (κ2) is 5.25. The molecule has 1 N–H and O–H groups in total. The SMILES string of the molecule is CCN(Cc1cn2cc(C)ccc2n1)C(C)(C)C(=O)O. The number of aryl methyl sites for hydroxylation is 1. The van der Waals surface area contributed by atoms with Crippen molar-refractivity contribution in [1.82, 2.24) is 14.3 Å². The van der Waals surface area contributed by atoms with E-state index in [0.717, 1.165) is 11.3 Å². The zero-order valence-corrected chi connectivity index (χ0v) is 12.4. The van der Waals surface area contributed by atoms with Gasteiger partial charge in [0.2, 0.25) is 0 Å². The van der Waals surface area contributed by atoms with E-state index in [1.54, 1.807) is 13.8 Å². The largest absolute Gasteiger partial charge is 0.480 e. The van der Waals surface area contributed by atoms with Crippen LogP contribution in [0.15, 0.2) is 24.5 Å². The van der Waals surface area contributed by atoms with Crippen molar-refractivity contribution in [3.05, 3.63) is 35.8 Å². The van der Waals surface area contributed by atoms with Gasteiger partial charge in [0.25, 0.3) is 0 Å². The molecule has 0 aliphatic carbocycles. The molecule has 20 heavy (non-hydrogen) atoms. The Hall–Kier alpha value is -1.88. The highest BCUT2D eigenvalue weighted by atomic mass is 16.4. The van der Waals surface area contributed by atoms with Crippen molar-refractivity contribution in [2.75, 3.05) is 6.54 Å². The number of pyridine rings is 1. The lowest BCUT2D eigenvalue weighted by Crippen LogP contribution is -2.49. The van der Waals surface area contributed by atoms with Crippen molar-refractivity contribution in [3.63, 3.8) is 0 Å². The summed E-state index contributed by atoms with van der Waals surface area (Å²) in [7, 11) is 0. The summed E-state index contributed by atoms with van der Waals surface area (Å²) in [5.74, 6) is -0.820. The smallest absolute Gasteiger partial charge is 0.323 e. The van der Waals surface area contributed by atoms with E-state index in [1.807, 2.05) is 47.7 Å². The van der Waals surface area contributed by atoms with Crippen LogP contribution < -0.4 is 0 Å². The molecule has 108 valence electrons. The number of hydrogen-bond acceptors (Lipinski definition) is 3. The Labute approximate surface area is 118 Å². The number of fused-ring (bicyclic) bond motifs is 1. The monoisotopic (exact) mass is 275 g/mol. The molecule has 0 atom stereocenters. The fourth-order valence-corrected chi connectivity index (χ4v) is 2.27. The van der Waals surface area contributed by atoms with Crippen LogP contribution in [0.1, 0.15) is 32.0 Å². The van der Waals surface area contributed by atoms with Gasteiger partial charge >= 0.3 is 5.97 Å². The van der Waals surface area contributed by atoms with Gasteiger partial charge < -0.3 is 9.51 Å². The van der Waals surface area contributed by atoms with Crippen molar-refractivity contribution in [2.24, 2.45) is 0 Å². The first-order valence-corrected chi connectivity index (χ1v) is 6.77. The molecule has 2 aromatic heterocycles. The summed E-state index contributed by atoms with van der Waals surface area (Å²) in [6.45, 7) is 8.62. The summed E-state index contributed by atoms with van der Waals surface area (Å²) < 4.78 is 1.98. The molecule has 2 rings (SSSR count). The number of hydrogen-bond donors (Lipinski definition) is 1. The first-order valence-electron chi connectivity index (χ1n) is 6.77. The molecular weight excluding hydrogens is 254 g/mol. The Bertz CT molecular complexity index is 631. The molecule has 0 spiro atoms. The molecule has 5 nitrogen and oxygen atoms in total. The molecule has 0 aromatic carbocycles. The lowest BCUT2D eigenvalue weighted by atomic mass is 10.0. The van der Waals surface area contributed by atoms with E-state index in [9.17, 15) is 9.90 Å². The normalized spacial score (nSPS) is 12.2. The first kappa shape index (κ1) is 14.5. The number of aliphatic carboxylic acids is 1. The summed E-state index contributed by atoms with van der Waals surface area (Å²) in [6, 6.07) is 3.99. The van der Waals surface area contributed by atoms with E-state index in [4.69, 9.17) is 0 Å². The van der Waals surface area contributed by atoms with Gasteiger partial charge in [-0.3, -0.25) is 9.69 Å². The highest BCUT2D eigenvalue weighted by molar-refractivity contribution is 5.77. The van der Waals surface area contributed by atoms with E-state index in [1.165, 1.54) is 5.56 Å². The third-order valence-electron chi connectivity index (χ3n) is 3.70. The summed E-state index contributed by atoms with van der Waals surface area (Å²) in [6.07, 6.45) is 3.98. The Morgan fingerprint density at radius 2 is 2.10 bits per heavy atom. The fraction of sp³-hybridized carbons (Fsp3) is 0.467. The summed E-state index contributed by atoms with van der Waals surface area (Å²) in [5.41, 5.74) is 2.03. The van der Waals surface area contributed by atoms with Crippen LogP contribution in [0.2, 0.25) is 0 Å². The Morgan fingerprint density at radius 1 is 1.40 bits per heavy atom. The molecule has 0 aliphatic heterocycles. The van der Waals surface area contributed by atoms with Crippen LogP contribution in [0.5, 0.6) is 0 Å². The van der Waals surface area contributed by atoms with Gasteiger partial charge in [-0.05, 0) is 38.9 Å². The standard InChI is InChI=1S/C15H21N3O2/c1-5-18(15(3,4)14(19)20)10-12-9-17-8-11(2)6-7-13(17)16-12/h6-9H,5,10H2,1-4H3,(H,19,20). The zero-order valence-electron chi connectivity index (χ0n) is 12.4. The number of rotatable bonds is 5. The van der Waals surface area contributed by atoms with E-state index in [-0.39, 0.29) is 0 Å². The minimum Gasteiger partial charge on any atom is -0.480 e. The molecule has 0 bridgehead atoms. The molecule has 0 saturated carbocycles. The van der Waals surface area contributed by atoms with Gasteiger partial charge in [0.15, 0.2) is 0 Å². The maximum atomic E-state index is 11.4. The number of imidazole rings is 1. The zero-order chi connectivity index (χ0) is 14.9. The molecule has 0 amide bonds. The average molecular weight is 275 g/mol. The number of carboxylic acid groups (broad SMARTS) is 1. The molecule has 0 fully saturated rings. The molecule has 0 saturated heterocycles. The highest BCUT2D eigenvalue weighted by Crippen LogP contribution is 2.18. The van der Waals surface area contributed by atoms with E-state index < -0.39 is 11.5 Å². The number of aromatic nitrogens is 2. The van der Waals surface area contributed by atoms with Crippen molar-refractivity contribution in [3.8, 4) is 0 Å². The van der Waals surface area contributed by atoms with E-state index in [0.29, 0.717) is 13.1 Å². The van der Waals surface area contributed by atoms with Crippen LogP contribution in [-0.2, 0) is 11.3 Å². The molecule has 0 aliphatic rings. The lowest BCUT2D eigenvalue weighted by Gasteiger charge is -2.33. The average Bonchev–Trinajstić information content (AvgIpc) is 2.76. The Kier molecular flexibility index (Phi) is 3.81. The van der Waals surface area contributed by atoms with Crippen molar-refractivity contribution in [2.45, 2.75) is 39.8 Å². The quantitative estimate of drug-likeness (QED) is 0.910. The van der Waals surface area contributed by atoms with Crippen LogP contribution in [0.25, 0.3) is 5.65 Å². The van der Waals surface area contributed by atoms with Crippen molar-refractivity contribution >= 4 is 11.6 Å². The van der Waals surface area contributed by atoms with Crippen LogP contribution in [0.3, 0.4) is 0 Å². The molecule has 0 unspecified atom stereocenters. The lowest BCUT2D eigenvalue weighted by molar-refractivity contribution is -0.149. The van der Waals surface area contributed by atoms with Gasteiger partial charge in [-0.1, -0.05) is 13.0 Å². The Balaban J connectivity index is 2.28. The third kappa shape index (κ3) is 2.67. The van der Waals surface area contributed by atoms with E-state index >= 15 is 0 Å². The van der Waals surface area contributed by atoms with Gasteiger partial charge in [-0.2, -0.15) is 0 Å². The van der Waals surface area contributed by atoms with Crippen molar-refractivity contribution < 1.29 is 9.90 Å². The maximum absolute atomic E-state index is 11.4. The predicted octanol–water partition coefficient (Wildman–Crippen LogP) is 2.33. The van der Waals surface area contributed by atoms with Gasteiger partial charge in [0, 0.05) is 18.9 Å². The van der Waals surface area contributed by atoms with E-state index in [2.05, 4.69) is 4.98 Å². The summed E-state index contributed by atoms with van der Waals surface area (Å²) >= 11 is 0. The van der Waals surface area contributed by atoms with Crippen LogP contribution in [0, 0.1) is 6.92 Å². The van der Waals surface area contributed by atoms with Crippen LogP contribution in [0.4, 0.5) is 0 Å². The van der Waals surface area contributed by atoms with Gasteiger partial charge in [0.05, 0.1) is 5.69 Å². The molecule has 0 radical (unpaired) electrons. The minimum atomic E-state index is -0.902. The first-order chi connectivity index (χ1) is 9.34. The maximum Gasteiger partial charge on any atom is 0.323 e. The summed E-state index contributed by atoms with van der Waals surface area (Å²) in [5, 5.41) is 9.33. The summed E-state index contributed by atoms with van der Waals surface area (Å²) in [4.78, 5) is 17.8. The highest BCUT2D eigenvalue weighted by Gasteiger charge is 2.33. The molecule has 2 aromatic rings. The van der Waals surface area contributed by atoms with Gasteiger partial charge in [-0.15, -0.1) is 0 Å². The second-order valence-corrected chi connectivity index (χ2v) is 5.58. The van der Waals surface area contributed by atoms with Gasteiger partial charge in [0.1, 0.15) is 11.2 Å². The molecular formula is C15H21N3O2. The predicted molar refractivity (Wildman–Crippen MR) is 77.7 cm³/mol. The van der Waals surface area contributed by atoms with Crippen LogP contribution >= 0.6 is 0 Å². The van der Waals surface area contributed by atoms with Gasteiger partial charge in [-0.25, -0.2) is 4.98 Å².